The number of nitrogens with zero attached hydrogens (tertiary/aromatic N) is 2. The van der Waals surface area contributed by atoms with E-state index in [1.165, 1.54) is 5.56 Å². The topological polar surface area (TPSA) is 64.7 Å². The van der Waals surface area contributed by atoms with Gasteiger partial charge in [0.1, 0.15) is 0 Å². The predicted octanol–water partition coefficient (Wildman–Crippen LogP) is 0.936. The Kier molecular flexibility index (Phi) is 7.40. The van der Waals surface area contributed by atoms with Crippen LogP contribution in [0.1, 0.15) is 28.8 Å². The van der Waals surface area contributed by atoms with Crippen molar-refractivity contribution in [2.24, 2.45) is 5.92 Å². The molecule has 2 N–H and O–H groups in total. The lowest BCUT2D eigenvalue weighted by atomic mass is 10.1. The maximum Gasteiger partial charge on any atom is 0.253 e. The maximum absolute atomic E-state index is 12.6. The van der Waals surface area contributed by atoms with Crippen LogP contribution in [0.3, 0.4) is 0 Å². The molecule has 0 saturated carbocycles. The van der Waals surface area contributed by atoms with E-state index in [9.17, 15) is 9.59 Å². The highest BCUT2D eigenvalue weighted by Gasteiger charge is 2.26. The van der Waals surface area contributed by atoms with Crippen LogP contribution in [0.2, 0.25) is 0 Å². The molecule has 0 bridgehead atoms. The Hall–Kier alpha value is -1.92. The number of likely N-dealkylation sites (tertiary alicyclic amines) is 1. The van der Waals surface area contributed by atoms with Crippen LogP contribution >= 0.6 is 0 Å². The molecule has 1 saturated heterocycles. The third-order valence-corrected chi connectivity index (χ3v) is 4.57. The summed E-state index contributed by atoms with van der Waals surface area (Å²) in [6.45, 7) is 3.66. The van der Waals surface area contributed by atoms with Crippen molar-refractivity contribution in [3.8, 4) is 0 Å². The molecule has 1 atom stereocenters. The van der Waals surface area contributed by atoms with Crippen LogP contribution in [-0.2, 0) is 11.3 Å². The van der Waals surface area contributed by atoms with E-state index in [-0.39, 0.29) is 11.8 Å². The standard InChI is InChI=1S/C19H30N4O2/c1-20-18(24)12-21-10-8-16-9-11-23(14-16)19(25)17-6-4-15(5-7-17)13-22(2)3/h4-7,16,21H,8-14H2,1-3H3,(H,20,24). The van der Waals surface area contributed by atoms with Crippen molar-refractivity contribution in [1.29, 1.82) is 0 Å². The Morgan fingerprint density at radius 1 is 1.24 bits per heavy atom. The Morgan fingerprint density at radius 3 is 2.60 bits per heavy atom. The molecule has 138 valence electrons. The van der Waals surface area contributed by atoms with Crippen LogP contribution < -0.4 is 10.6 Å². The van der Waals surface area contributed by atoms with Crippen LogP contribution in [0, 0.1) is 5.92 Å². The largest absolute Gasteiger partial charge is 0.358 e. The third-order valence-electron chi connectivity index (χ3n) is 4.57. The molecule has 25 heavy (non-hydrogen) atoms. The SMILES string of the molecule is CNC(=O)CNCCC1CCN(C(=O)c2ccc(CN(C)C)cc2)C1. The summed E-state index contributed by atoms with van der Waals surface area (Å²) in [5, 5.41) is 5.73. The molecule has 1 unspecified atom stereocenters. The number of likely N-dealkylation sites (N-methyl/N-ethyl adjacent to an activating group) is 1. The van der Waals surface area contributed by atoms with Gasteiger partial charge in [-0.25, -0.2) is 0 Å². The van der Waals surface area contributed by atoms with Gasteiger partial charge >= 0.3 is 0 Å². The minimum absolute atomic E-state index is 0.000870. The highest BCUT2D eigenvalue weighted by Crippen LogP contribution is 2.21. The number of benzene rings is 1. The summed E-state index contributed by atoms with van der Waals surface area (Å²) >= 11 is 0. The molecule has 1 heterocycles. The predicted molar refractivity (Wildman–Crippen MR) is 99.4 cm³/mol. The summed E-state index contributed by atoms with van der Waals surface area (Å²) < 4.78 is 0. The van der Waals surface area contributed by atoms with E-state index in [1.54, 1.807) is 7.05 Å². The fraction of sp³-hybridized carbons (Fsp3) is 0.579. The first-order valence-corrected chi connectivity index (χ1v) is 8.94. The van der Waals surface area contributed by atoms with Crippen molar-refractivity contribution in [3.05, 3.63) is 35.4 Å². The number of amides is 2. The van der Waals surface area contributed by atoms with E-state index in [4.69, 9.17) is 0 Å². The minimum atomic E-state index is 0.000870. The van der Waals surface area contributed by atoms with Crippen molar-refractivity contribution >= 4 is 11.8 Å². The van der Waals surface area contributed by atoms with Gasteiger partial charge in [-0.2, -0.15) is 0 Å². The average Bonchev–Trinajstić information content (AvgIpc) is 3.07. The Bertz CT molecular complexity index is 571. The average molecular weight is 346 g/mol. The molecule has 0 aliphatic carbocycles. The van der Waals surface area contributed by atoms with Crippen LogP contribution in [0.15, 0.2) is 24.3 Å². The van der Waals surface area contributed by atoms with Crippen molar-refractivity contribution in [1.82, 2.24) is 20.4 Å². The molecule has 1 aromatic carbocycles. The number of carbonyl (C=O) groups excluding carboxylic acids is 2. The molecule has 6 nitrogen and oxygen atoms in total. The van der Waals surface area contributed by atoms with Crippen molar-refractivity contribution in [2.45, 2.75) is 19.4 Å². The summed E-state index contributed by atoms with van der Waals surface area (Å²) in [7, 11) is 5.71. The summed E-state index contributed by atoms with van der Waals surface area (Å²) in [5.74, 6) is 0.632. The Balaban J connectivity index is 1.77. The van der Waals surface area contributed by atoms with Gasteiger partial charge in [0.2, 0.25) is 5.91 Å². The van der Waals surface area contributed by atoms with Gasteiger partial charge < -0.3 is 20.4 Å². The van der Waals surface area contributed by atoms with E-state index in [0.717, 1.165) is 44.6 Å². The molecule has 6 heteroatoms. The van der Waals surface area contributed by atoms with Crippen LogP contribution in [0.5, 0.6) is 0 Å². The number of hydrogen-bond acceptors (Lipinski definition) is 4. The van der Waals surface area contributed by atoms with E-state index in [1.807, 2.05) is 43.3 Å². The minimum Gasteiger partial charge on any atom is -0.358 e. The lowest BCUT2D eigenvalue weighted by molar-refractivity contribution is -0.119. The highest BCUT2D eigenvalue weighted by molar-refractivity contribution is 5.94. The van der Waals surface area contributed by atoms with E-state index in [2.05, 4.69) is 15.5 Å². The van der Waals surface area contributed by atoms with Crippen molar-refractivity contribution < 1.29 is 9.59 Å². The molecule has 0 aromatic heterocycles. The Morgan fingerprint density at radius 2 is 1.96 bits per heavy atom. The zero-order valence-electron chi connectivity index (χ0n) is 15.5. The number of carbonyl (C=O) groups is 2. The van der Waals surface area contributed by atoms with Gasteiger partial charge in [0.25, 0.3) is 5.91 Å². The second-order valence-electron chi connectivity index (χ2n) is 6.98. The molecular weight excluding hydrogens is 316 g/mol. The molecule has 1 aliphatic rings. The molecule has 2 rings (SSSR count). The molecule has 0 spiro atoms. The monoisotopic (exact) mass is 346 g/mol. The maximum atomic E-state index is 12.6. The fourth-order valence-corrected chi connectivity index (χ4v) is 3.15. The Labute approximate surface area is 150 Å². The first kappa shape index (κ1) is 19.4. The smallest absolute Gasteiger partial charge is 0.253 e. The van der Waals surface area contributed by atoms with Crippen molar-refractivity contribution in [2.75, 3.05) is 47.3 Å². The quantitative estimate of drug-likeness (QED) is 0.688. The molecule has 1 aromatic rings. The number of hydrogen-bond donors (Lipinski definition) is 2. The van der Waals surface area contributed by atoms with Gasteiger partial charge in [-0.1, -0.05) is 12.1 Å². The first-order valence-electron chi connectivity index (χ1n) is 8.94. The summed E-state index contributed by atoms with van der Waals surface area (Å²) in [6, 6.07) is 7.92. The summed E-state index contributed by atoms with van der Waals surface area (Å²) in [4.78, 5) is 27.9. The van der Waals surface area contributed by atoms with Crippen LogP contribution in [-0.4, -0.2) is 68.9 Å². The lowest BCUT2D eigenvalue weighted by Crippen LogP contribution is -2.33. The molecule has 1 aliphatic heterocycles. The third kappa shape index (κ3) is 6.14. The van der Waals surface area contributed by atoms with Gasteiger partial charge in [-0.3, -0.25) is 9.59 Å². The number of rotatable bonds is 8. The summed E-state index contributed by atoms with van der Waals surface area (Å²) in [6.07, 6.45) is 2.02. The summed E-state index contributed by atoms with van der Waals surface area (Å²) in [5.41, 5.74) is 1.98. The van der Waals surface area contributed by atoms with Gasteiger partial charge in [-0.15, -0.1) is 0 Å². The van der Waals surface area contributed by atoms with Crippen LogP contribution in [0.25, 0.3) is 0 Å². The van der Waals surface area contributed by atoms with E-state index < -0.39 is 0 Å². The first-order chi connectivity index (χ1) is 12.0. The number of nitrogens with one attached hydrogen (secondary N) is 2. The van der Waals surface area contributed by atoms with Gasteiger partial charge in [0.15, 0.2) is 0 Å². The van der Waals surface area contributed by atoms with E-state index in [0.29, 0.717) is 12.5 Å². The van der Waals surface area contributed by atoms with Gasteiger partial charge in [0.05, 0.1) is 6.54 Å². The zero-order valence-corrected chi connectivity index (χ0v) is 15.5. The second kappa shape index (κ2) is 9.53. The van der Waals surface area contributed by atoms with Gasteiger partial charge in [0, 0.05) is 32.2 Å². The highest BCUT2D eigenvalue weighted by atomic mass is 16.2. The fourth-order valence-electron chi connectivity index (χ4n) is 3.15. The van der Waals surface area contributed by atoms with Gasteiger partial charge in [-0.05, 0) is 57.1 Å². The van der Waals surface area contributed by atoms with Crippen LogP contribution in [0.4, 0.5) is 0 Å². The molecule has 0 radical (unpaired) electrons. The zero-order chi connectivity index (χ0) is 18.2. The molecular formula is C19H30N4O2. The lowest BCUT2D eigenvalue weighted by Gasteiger charge is -2.17. The second-order valence-corrected chi connectivity index (χ2v) is 6.98. The van der Waals surface area contributed by atoms with E-state index >= 15 is 0 Å². The molecule has 1 fully saturated rings. The van der Waals surface area contributed by atoms with Crippen molar-refractivity contribution in [3.63, 3.8) is 0 Å². The molecule has 2 amide bonds. The normalized spacial score (nSPS) is 17.1.